The Morgan fingerprint density at radius 2 is 1.89 bits per heavy atom. The first-order chi connectivity index (χ1) is 9.12. The van der Waals surface area contributed by atoms with Crippen LogP contribution in [0.2, 0.25) is 0 Å². The van der Waals surface area contributed by atoms with E-state index in [0.717, 1.165) is 6.54 Å². The highest BCUT2D eigenvalue weighted by atomic mass is 15.0. The summed E-state index contributed by atoms with van der Waals surface area (Å²) in [6, 6.07) is 15.7. The van der Waals surface area contributed by atoms with Crippen LogP contribution >= 0.6 is 0 Å². The Hall–Kier alpha value is -1.54. The third kappa shape index (κ3) is 2.90. The van der Waals surface area contributed by atoms with E-state index >= 15 is 0 Å². The van der Waals surface area contributed by atoms with E-state index in [1.807, 2.05) is 0 Å². The van der Waals surface area contributed by atoms with Gasteiger partial charge in [0.05, 0.1) is 0 Å². The second-order valence-electron chi connectivity index (χ2n) is 6.21. The second kappa shape index (κ2) is 4.86. The molecule has 0 aliphatic carbocycles. The maximum Gasteiger partial charge on any atom is 0.0348 e. The first-order valence-corrected chi connectivity index (χ1v) is 7.13. The van der Waals surface area contributed by atoms with Gasteiger partial charge < -0.3 is 10.6 Å². The van der Waals surface area contributed by atoms with Crippen LogP contribution in [0.5, 0.6) is 0 Å². The fraction of sp³-hybridized carbons (Fsp3) is 0.412. The van der Waals surface area contributed by atoms with Gasteiger partial charge in [-0.1, -0.05) is 30.3 Å². The Morgan fingerprint density at radius 1 is 1.11 bits per heavy atom. The van der Waals surface area contributed by atoms with Gasteiger partial charge in [0.15, 0.2) is 0 Å². The Morgan fingerprint density at radius 3 is 2.68 bits per heavy atom. The highest BCUT2D eigenvalue weighted by molar-refractivity contribution is 5.85. The maximum absolute atomic E-state index is 3.69. The average molecular weight is 254 g/mol. The molecular weight excluding hydrogens is 232 g/mol. The van der Waals surface area contributed by atoms with Crippen LogP contribution in [0.4, 0.5) is 5.69 Å². The molecule has 2 aromatic rings. The molecule has 2 aromatic carbocycles. The van der Waals surface area contributed by atoms with E-state index in [4.69, 9.17) is 0 Å². The van der Waals surface area contributed by atoms with Crippen molar-refractivity contribution in [2.45, 2.75) is 38.3 Å². The molecule has 0 amide bonds. The third-order valence-electron chi connectivity index (χ3n) is 3.97. The van der Waals surface area contributed by atoms with Crippen LogP contribution in [0.1, 0.15) is 26.7 Å². The zero-order chi connectivity index (χ0) is 13.3. The van der Waals surface area contributed by atoms with Crippen molar-refractivity contribution in [1.29, 1.82) is 0 Å². The topological polar surface area (TPSA) is 24.1 Å². The highest BCUT2D eigenvalue weighted by Gasteiger charge is 2.27. The lowest BCUT2D eigenvalue weighted by molar-refractivity contribution is 0.286. The van der Waals surface area contributed by atoms with Gasteiger partial charge in [0.2, 0.25) is 0 Å². The number of rotatable bonds is 2. The molecule has 0 radical (unpaired) electrons. The first kappa shape index (κ1) is 12.5. The largest absolute Gasteiger partial charge is 0.382 e. The fourth-order valence-electron chi connectivity index (χ4n) is 3.01. The summed E-state index contributed by atoms with van der Waals surface area (Å²) >= 11 is 0. The number of piperidine rings is 1. The lowest BCUT2D eigenvalue weighted by atomic mass is 9.89. The van der Waals surface area contributed by atoms with E-state index in [-0.39, 0.29) is 5.54 Å². The predicted molar refractivity (Wildman–Crippen MR) is 82.7 cm³/mol. The zero-order valence-electron chi connectivity index (χ0n) is 11.7. The molecule has 0 bridgehead atoms. The molecule has 1 fully saturated rings. The van der Waals surface area contributed by atoms with Crippen molar-refractivity contribution in [2.75, 3.05) is 11.9 Å². The molecule has 1 saturated heterocycles. The van der Waals surface area contributed by atoms with Gasteiger partial charge in [0.25, 0.3) is 0 Å². The number of benzene rings is 2. The molecule has 1 unspecified atom stereocenters. The van der Waals surface area contributed by atoms with Crippen molar-refractivity contribution < 1.29 is 0 Å². The fourth-order valence-corrected chi connectivity index (χ4v) is 3.01. The molecule has 3 rings (SSSR count). The minimum Gasteiger partial charge on any atom is -0.382 e. The Kier molecular flexibility index (Phi) is 3.19. The lowest BCUT2D eigenvalue weighted by Crippen LogP contribution is -2.49. The van der Waals surface area contributed by atoms with Crippen LogP contribution in [0.3, 0.4) is 0 Å². The van der Waals surface area contributed by atoms with E-state index in [0.29, 0.717) is 6.04 Å². The van der Waals surface area contributed by atoms with Crippen LogP contribution in [0, 0.1) is 0 Å². The Bertz CT molecular complexity index is 574. The third-order valence-corrected chi connectivity index (χ3v) is 3.97. The molecule has 2 heteroatoms. The standard InChI is InChI=1S/C17H22N2/c1-17(2)12-16(9-10-18-17)19-15-8-7-13-5-3-4-6-14(13)11-15/h3-8,11,16,18-19H,9-10,12H2,1-2H3. The number of fused-ring (bicyclic) bond motifs is 1. The lowest BCUT2D eigenvalue weighted by Gasteiger charge is -2.37. The Labute approximate surface area is 115 Å². The van der Waals surface area contributed by atoms with Crippen molar-refractivity contribution >= 4 is 16.5 Å². The minimum atomic E-state index is 0.243. The summed E-state index contributed by atoms with van der Waals surface area (Å²) in [5, 5.41) is 9.86. The summed E-state index contributed by atoms with van der Waals surface area (Å²) in [5.74, 6) is 0. The van der Waals surface area contributed by atoms with Gasteiger partial charge in [-0.05, 0) is 56.1 Å². The maximum atomic E-state index is 3.69. The van der Waals surface area contributed by atoms with Crippen LogP contribution in [-0.2, 0) is 0 Å². The molecule has 2 nitrogen and oxygen atoms in total. The smallest absolute Gasteiger partial charge is 0.0348 e. The van der Waals surface area contributed by atoms with Crippen molar-refractivity contribution in [2.24, 2.45) is 0 Å². The zero-order valence-corrected chi connectivity index (χ0v) is 11.7. The summed E-state index contributed by atoms with van der Waals surface area (Å²) in [7, 11) is 0. The number of anilines is 1. The summed E-state index contributed by atoms with van der Waals surface area (Å²) in [4.78, 5) is 0. The molecule has 1 aliphatic rings. The van der Waals surface area contributed by atoms with Gasteiger partial charge in [0.1, 0.15) is 0 Å². The van der Waals surface area contributed by atoms with Crippen LogP contribution in [0.15, 0.2) is 42.5 Å². The van der Waals surface area contributed by atoms with E-state index in [1.54, 1.807) is 0 Å². The molecule has 2 N–H and O–H groups in total. The van der Waals surface area contributed by atoms with Crippen molar-refractivity contribution in [1.82, 2.24) is 5.32 Å². The van der Waals surface area contributed by atoms with Gasteiger partial charge in [-0.3, -0.25) is 0 Å². The number of hydrogen-bond acceptors (Lipinski definition) is 2. The molecular formula is C17H22N2. The normalized spacial score (nSPS) is 22.3. The van der Waals surface area contributed by atoms with Gasteiger partial charge in [0, 0.05) is 17.3 Å². The quantitative estimate of drug-likeness (QED) is 0.852. The van der Waals surface area contributed by atoms with Gasteiger partial charge in [-0.15, -0.1) is 0 Å². The van der Waals surface area contributed by atoms with E-state index in [9.17, 15) is 0 Å². The summed E-state index contributed by atoms with van der Waals surface area (Å²) in [6.07, 6.45) is 2.36. The van der Waals surface area contributed by atoms with E-state index < -0.39 is 0 Å². The van der Waals surface area contributed by atoms with E-state index in [1.165, 1.54) is 29.3 Å². The highest BCUT2D eigenvalue weighted by Crippen LogP contribution is 2.24. The van der Waals surface area contributed by atoms with Crippen LogP contribution in [0.25, 0.3) is 10.8 Å². The van der Waals surface area contributed by atoms with Crippen LogP contribution < -0.4 is 10.6 Å². The first-order valence-electron chi connectivity index (χ1n) is 7.13. The second-order valence-corrected chi connectivity index (χ2v) is 6.21. The monoisotopic (exact) mass is 254 g/mol. The SMILES string of the molecule is CC1(C)CC(Nc2ccc3ccccc3c2)CCN1. The van der Waals surface area contributed by atoms with Gasteiger partial charge >= 0.3 is 0 Å². The summed E-state index contributed by atoms with van der Waals surface area (Å²) in [6.45, 7) is 5.65. The summed E-state index contributed by atoms with van der Waals surface area (Å²) < 4.78 is 0. The number of hydrogen-bond donors (Lipinski definition) is 2. The van der Waals surface area contributed by atoms with Crippen LogP contribution in [-0.4, -0.2) is 18.1 Å². The van der Waals surface area contributed by atoms with Gasteiger partial charge in [-0.2, -0.15) is 0 Å². The molecule has 0 aromatic heterocycles. The average Bonchev–Trinajstić information content (AvgIpc) is 2.37. The van der Waals surface area contributed by atoms with Crippen molar-refractivity contribution in [3.05, 3.63) is 42.5 Å². The van der Waals surface area contributed by atoms with Crippen molar-refractivity contribution in [3.8, 4) is 0 Å². The Balaban J connectivity index is 1.77. The van der Waals surface area contributed by atoms with E-state index in [2.05, 4.69) is 66.9 Å². The molecule has 1 aliphatic heterocycles. The summed E-state index contributed by atoms with van der Waals surface area (Å²) in [5.41, 5.74) is 1.48. The molecule has 0 saturated carbocycles. The van der Waals surface area contributed by atoms with Crippen molar-refractivity contribution in [3.63, 3.8) is 0 Å². The molecule has 0 spiro atoms. The predicted octanol–water partition coefficient (Wildman–Crippen LogP) is 3.78. The molecule has 19 heavy (non-hydrogen) atoms. The molecule has 100 valence electrons. The minimum absolute atomic E-state index is 0.243. The van der Waals surface area contributed by atoms with Gasteiger partial charge in [-0.25, -0.2) is 0 Å². The molecule has 1 atom stereocenters. The number of nitrogens with one attached hydrogen (secondary N) is 2. The molecule has 1 heterocycles.